The average Bonchev–Trinajstić information content (AvgIpc) is 3.21. The zero-order chi connectivity index (χ0) is 18.0. The van der Waals surface area contributed by atoms with Crippen molar-refractivity contribution in [2.45, 2.75) is 46.1 Å². The lowest BCUT2D eigenvalue weighted by Crippen LogP contribution is -2.43. The Morgan fingerprint density at radius 3 is 2.76 bits per heavy atom. The molecule has 0 saturated heterocycles. The normalized spacial score (nSPS) is 23.2. The smallest absolute Gasteiger partial charge is 0.291 e. The molecule has 2 amide bonds. The molecule has 3 atom stereocenters. The van der Waals surface area contributed by atoms with Gasteiger partial charge in [-0.15, -0.1) is 11.3 Å². The van der Waals surface area contributed by atoms with Crippen molar-refractivity contribution in [2.24, 2.45) is 11.8 Å². The Hall–Kier alpha value is -2.08. The van der Waals surface area contributed by atoms with Gasteiger partial charge < -0.3 is 15.1 Å². The van der Waals surface area contributed by atoms with E-state index < -0.39 is 0 Å². The first kappa shape index (κ1) is 17.7. The van der Waals surface area contributed by atoms with E-state index >= 15 is 0 Å². The van der Waals surface area contributed by atoms with Gasteiger partial charge in [0.2, 0.25) is 0 Å². The second kappa shape index (κ2) is 7.44. The Balaban J connectivity index is 1.67. The van der Waals surface area contributed by atoms with Crippen LogP contribution in [0.5, 0.6) is 0 Å². The molecule has 0 bridgehead atoms. The van der Waals surface area contributed by atoms with Gasteiger partial charge in [-0.05, 0) is 48.9 Å². The summed E-state index contributed by atoms with van der Waals surface area (Å²) in [6.45, 7) is 6.35. The Morgan fingerprint density at radius 2 is 2.04 bits per heavy atom. The molecule has 0 spiro atoms. The first-order chi connectivity index (χ1) is 12.0. The Labute approximate surface area is 151 Å². The third kappa shape index (κ3) is 3.95. The van der Waals surface area contributed by atoms with Gasteiger partial charge in [-0.2, -0.15) is 0 Å². The Morgan fingerprint density at radius 1 is 1.24 bits per heavy atom. The molecular weight excluding hydrogens is 336 g/mol. The van der Waals surface area contributed by atoms with Crippen LogP contribution in [0.3, 0.4) is 0 Å². The van der Waals surface area contributed by atoms with Gasteiger partial charge in [0.25, 0.3) is 11.8 Å². The van der Waals surface area contributed by atoms with Crippen LogP contribution in [0.25, 0.3) is 0 Å². The van der Waals surface area contributed by atoms with Crippen molar-refractivity contribution in [1.29, 1.82) is 0 Å². The third-order valence-corrected chi connectivity index (χ3v) is 6.28. The molecule has 134 valence electrons. The minimum absolute atomic E-state index is 0.0491. The highest BCUT2D eigenvalue weighted by Crippen LogP contribution is 2.31. The molecule has 0 aromatic carbocycles. The van der Waals surface area contributed by atoms with Crippen molar-refractivity contribution >= 4 is 28.2 Å². The summed E-state index contributed by atoms with van der Waals surface area (Å²) in [4.78, 5) is 25.4. The summed E-state index contributed by atoms with van der Waals surface area (Å²) in [6.07, 6.45) is 4.88. The van der Waals surface area contributed by atoms with E-state index in [1.54, 1.807) is 12.1 Å². The zero-order valence-electron chi connectivity index (χ0n) is 14.8. The highest BCUT2D eigenvalue weighted by atomic mass is 32.1. The van der Waals surface area contributed by atoms with Gasteiger partial charge in [0.1, 0.15) is 0 Å². The van der Waals surface area contributed by atoms with Crippen molar-refractivity contribution in [1.82, 2.24) is 5.32 Å². The third-order valence-electron chi connectivity index (χ3n) is 5.13. The van der Waals surface area contributed by atoms with Gasteiger partial charge in [-0.3, -0.25) is 9.59 Å². The molecule has 1 fully saturated rings. The van der Waals surface area contributed by atoms with Crippen LogP contribution in [0, 0.1) is 18.8 Å². The molecule has 1 aliphatic carbocycles. The second-order valence-electron chi connectivity index (χ2n) is 6.90. The molecule has 3 unspecified atom stereocenters. The SMILES string of the molecule is Cc1cc(NC(=O)c2ccco2)sc1C(=O)NC1CCCC(C)C1C. The largest absolute Gasteiger partial charge is 0.459 e. The maximum absolute atomic E-state index is 12.7. The predicted octanol–water partition coefficient (Wildman–Crippen LogP) is 4.46. The zero-order valence-corrected chi connectivity index (χ0v) is 15.6. The monoisotopic (exact) mass is 360 g/mol. The molecule has 5 nitrogen and oxygen atoms in total. The number of thiophene rings is 1. The maximum Gasteiger partial charge on any atom is 0.291 e. The lowest BCUT2D eigenvalue weighted by Gasteiger charge is -2.34. The van der Waals surface area contributed by atoms with E-state index in [1.165, 1.54) is 24.0 Å². The number of furan rings is 1. The summed E-state index contributed by atoms with van der Waals surface area (Å²) in [5, 5.41) is 6.62. The number of amides is 2. The second-order valence-corrected chi connectivity index (χ2v) is 7.95. The standard InChI is InChI=1S/C19H24N2O3S/c1-11-6-4-7-14(13(11)3)20-19(23)17-12(2)10-16(25-17)21-18(22)15-8-5-9-24-15/h5,8-11,13-14H,4,6-7H2,1-3H3,(H,20,23)(H,21,22). The van der Waals surface area contributed by atoms with Crippen LogP contribution < -0.4 is 10.6 Å². The van der Waals surface area contributed by atoms with Crippen LogP contribution in [-0.2, 0) is 0 Å². The molecule has 25 heavy (non-hydrogen) atoms. The quantitative estimate of drug-likeness (QED) is 0.846. The minimum atomic E-state index is -0.312. The number of carbonyl (C=O) groups excluding carboxylic acids is 2. The van der Waals surface area contributed by atoms with Gasteiger partial charge in [0.05, 0.1) is 16.1 Å². The molecule has 1 saturated carbocycles. The van der Waals surface area contributed by atoms with Crippen molar-refractivity contribution in [2.75, 3.05) is 5.32 Å². The predicted molar refractivity (Wildman–Crippen MR) is 99.2 cm³/mol. The summed E-state index contributed by atoms with van der Waals surface area (Å²) < 4.78 is 5.09. The summed E-state index contributed by atoms with van der Waals surface area (Å²) in [6, 6.07) is 5.32. The summed E-state index contributed by atoms with van der Waals surface area (Å²) >= 11 is 1.30. The van der Waals surface area contributed by atoms with Gasteiger partial charge in [0.15, 0.2) is 5.76 Å². The van der Waals surface area contributed by atoms with E-state index in [0.717, 1.165) is 18.4 Å². The van der Waals surface area contributed by atoms with Crippen LogP contribution in [0.15, 0.2) is 28.9 Å². The minimum Gasteiger partial charge on any atom is -0.459 e. The van der Waals surface area contributed by atoms with E-state index in [1.807, 2.05) is 13.0 Å². The van der Waals surface area contributed by atoms with E-state index in [9.17, 15) is 9.59 Å². The Bertz CT molecular complexity index is 751. The fraction of sp³-hybridized carbons (Fsp3) is 0.474. The van der Waals surface area contributed by atoms with Crippen LogP contribution in [0.4, 0.5) is 5.00 Å². The molecule has 3 rings (SSSR count). The molecular formula is C19H24N2O3S. The molecule has 0 radical (unpaired) electrons. The maximum atomic E-state index is 12.7. The number of rotatable bonds is 4. The lowest BCUT2D eigenvalue weighted by molar-refractivity contribution is 0.0894. The molecule has 2 heterocycles. The van der Waals surface area contributed by atoms with Crippen molar-refractivity contribution in [3.63, 3.8) is 0 Å². The number of hydrogen-bond acceptors (Lipinski definition) is 4. The van der Waals surface area contributed by atoms with Gasteiger partial charge in [-0.1, -0.05) is 26.7 Å². The van der Waals surface area contributed by atoms with Gasteiger partial charge >= 0.3 is 0 Å². The molecule has 1 aliphatic rings. The fourth-order valence-electron chi connectivity index (χ4n) is 3.37. The number of nitrogens with one attached hydrogen (secondary N) is 2. The van der Waals surface area contributed by atoms with E-state index in [4.69, 9.17) is 4.42 Å². The first-order valence-corrected chi connectivity index (χ1v) is 9.53. The van der Waals surface area contributed by atoms with Crippen LogP contribution in [0.1, 0.15) is 58.9 Å². The van der Waals surface area contributed by atoms with Gasteiger partial charge in [0, 0.05) is 6.04 Å². The summed E-state index contributed by atoms with van der Waals surface area (Å²) in [7, 11) is 0. The molecule has 2 aromatic rings. The number of hydrogen-bond donors (Lipinski definition) is 2. The Kier molecular flexibility index (Phi) is 5.27. The van der Waals surface area contributed by atoms with Crippen LogP contribution in [-0.4, -0.2) is 17.9 Å². The van der Waals surface area contributed by atoms with E-state index in [0.29, 0.717) is 21.7 Å². The van der Waals surface area contributed by atoms with E-state index in [-0.39, 0.29) is 23.6 Å². The number of anilines is 1. The van der Waals surface area contributed by atoms with Crippen molar-refractivity contribution in [3.05, 3.63) is 40.7 Å². The topological polar surface area (TPSA) is 71.3 Å². The fourth-order valence-corrected chi connectivity index (χ4v) is 4.34. The highest BCUT2D eigenvalue weighted by molar-refractivity contribution is 7.18. The van der Waals surface area contributed by atoms with Gasteiger partial charge in [-0.25, -0.2) is 0 Å². The molecule has 0 aliphatic heterocycles. The average molecular weight is 360 g/mol. The lowest BCUT2D eigenvalue weighted by atomic mass is 9.78. The summed E-state index contributed by atoms with van der Waals surface area (Å²) in [5.74, 6) is 1.00. The van der Waals surface area contributed by atoms with Crippen molar-refractivity contribution < 1.29 is 14.0 Å². The molecule has 6 heteroatoms. The highest BCUT2D eigenvalue weighted by Gasteiger charge is 2.29. The number of carbonyl (C=O) groups is 2. The molecule has 2 aromatic heterocycles. The van der Waals surface area contributed by atoms with Crippen molar-refractivity contribution in [3.8, 4) is 0 Å². The first-order valence-electron chi connectivity index (χ1n) is 8.72. The van der Waals surface area contributed by atoms with Crippen LogP contribution >= 0.6 is 11.3 Å². The van der Waals surface area contributed by atoms with Crippen LogP contribution in [0.2, 0.25) is 0 Å². The summed E-state index contributed by atoms with van der Waals surface area (Å²) in [5.41, 5.74) is 0.869. The number of aryl methyl sites for hydroxylation is 1. The van der Waals surface area contributed by atoms with E-state index in [2.05, 4.69) is 24.5 Å². The molecule has 2 N–H and O–H groups in total.